The second kappa shape index (κ2) is 8.35. The van der Waals surface area contributed by atoms with Crippen LogP contribution in [-0.2, 0) is 19.0 Å². The molecule has 1 aromatic heterocycles. The molecular formula is C20H17ClN2O5S2. The zero-order valence-corrected chi connectivity index (χ0v) is 18.2. The third-order valence-electron chi connectivity index (χ3n) is 4.33. The standard InChI is InChI=1S/C20H17ClN2O5S2/c1-30(25,26)27-12-16-11-23(20(24)28-16)15-7-8-17-18(10-15)29-19(22-17)9-4-13-2-5-14(21)6-3-13/h2-10,16H,11-12H2,1H3/t16-/m1/s1. The van der Waals surface area contributed by atoms with Crippen molar-refractivity contribution >= 4 is 67.2 Å². The van der Waals surface area contributed by atoms with E-state index in [1.54, 1.807) is 6.07 Å². The van der Waals surface area contributed by atoms with Crippen LogP contribution < -0.4 is 4.90 Å². The van der Waals surface area contributed by atoms with Crippen LogP contribution >= 0.6 is 22.9 Å². The van der Waals surface area contributed by atoms with Gasteiger partial charge in [-0.3, -0.25) is 9.08 Å². The third kappa shape index (κ3) is 4.99. The molecular weight excluding hydrogens is 448 g/mol. The van der Waals surface area contributed by atoms with Gasteiger partial charge in [-0.15, -0.1) is 11.3 Å². The van der Waals surface area contributed by atoms with E-state index in [9.17, 15) is 13.2 Å². The van der Waals surface area contributed by atoms with E-state index < -0.39 is 22.3 Å². The first-order valence-corrected chi connectivity index (χ1v) is 11.9. The average molecular weight is 465 g/mol. The van der Waals surface area contributed by atoms with Gasteiger partial charge in [-0.2, -0.15) is 8.42 Å². The number of carbonyl (C=O) groups excluding carboxylic acids is 1. The van der Waals surface area contributed by atoms with Crippen molar-refractivity contribution in [1.82, 2.24) is 4.98 Å². The molecule has 7 nitrogen and oxygen atoms in total. The summed E-state index contributed by atoms with van der Waals surface area (Å²) < 4.78 is 33.1. The highest BCUT2D eigenvalue weighted by molar-refractivity contribution is 7.85. The van der Waals surface area contributed by atoms with E-state index in [0.717, 1.165) is 27.0 Å². The summed E-state index contributed by atoms with van der Waals surface area (Å²) in [6.45, 7) is 0.00546. The van der Waals surface area contributed by atoms with Gasteiger partial charge in [0.25, 0.3) is 10.1 Å². The summed E-state index contributed by atoms with van der Waals surface area (Å²) in [6, 6.07) is 13.0. The van der Waals surface area contributed by atoms with Crippen molar-refractivity contribution in [3.63, 3.8) is 0 Å². The Labute approximate surface area is 182 Å². The summed E-state index contributed by atoms with van der Waals surface area (Å²) in [5.74, 6) is 0. The maximum Gasteiger partial charge on any atom is 0.414 e. The zero-order chi connectivity index (χ0) is 21.3. The number of anilines is 1. The molecule has 2 aromatic carbocycles. The predicted octanol–water partition coefficient (Wildman–Crippen LogP) is 4.42. The highest BCUT2D eigenvalue weighted by Crippen LogP contribution is 2.30. The molecule has 1 atom stereocenters. The number of hydrogen-bond acceptors (Lipinski definition) is 7. The lowest BCUT2D eigenvalue weighted by molar-refractivity contribution is 0.107. The number of hydrogen-bond donors (Lipinski definition) is 0. The molecule has 4 rings (SSSR count). The largest absolute Gasteiger partial charge is 0.441 e. The van der Waals surface area contributed by atoms with Crippen molar-refractivity contribution in [1.29, 1.82) is 0 Å². The number of ether oxygens (including phenoxy) is 1. The van der Waals surface area contributed by atoms with Crippen molar-refractivity contribution < 1.29 is 22.1 Å². The SMILES string of the molecule is CS(=O)(=O)OC[C@H]1CN(c2ccc3nc(C=Cc4ccc(Cl)cc4)sc3c2)C(=O)O1. The second-order valence-electron chi connectivity index (χ2n) is 6.69. The quantitative estimate of drug-likeness (QED) is 0.502. The minimum Gasteiger partial charge on any atom is -0.441 e. The van der Waals surface area contributed by atoms with Crippen LogP contribution in [0.25, 0.3) is 22.4 Å². The molecule has 0 saturated carbocycles. The van der Waals surface area contributed by atoms with Gasteiger partial charge in [0.15, 0.2) is 0 Å². The Hall–Kier alpha value is -2.46. The van der Waals surface area contributed by atoms with E-state index in [1.165, 1.54) is 16.2 Å². The van der Waals surface area contributed by atoms with Crippen LogP contribution in [0.5, 0.6) is 0 Å². The van der Waals surface area contributed by atoms with E-state index >= 15 is 0 Å². The topological polar surface area (TPSA) is 85.8 Å². The van der Waals surface area contributed by atoms with Gasteiger partial charge in [0.05, 0.1) is 23.0 Å². The molecule has 1 saturated heterocycles. The van der Waals surface area contributed by atoms with Gasteiger partial charge in [0.1, 0.15) is 17.7 Å². The number of cyclic esters (lactones) is 1. The van der Waals surface area contributed by atoms with Crippen LogP contribution in [0.3, 0.4) is 0 Å². The molecule has 0 N–H and O–H groups in total. The predicted molar refractivity (Wildman–Crippen MR) is 118 cm³/mol. The Morgan fingerprint density at radius 3 is 2.77 bits per heavy atom. The smallest absolute Gasteiger partial charge is 0.414 e. The molecule has 0 aliphatic carbocycles. The number of thiazole rings is 1. The highest BCUT2D eigenvalue weighted by atomic mass is 35.5. The lowest BCUT2D eigenvalue weighted by Crippen LogP contribution is -2.26. The summed E-state index contributed by atoms with van der Waals surface area (Å²) in [4.78, 5) is 18.2. The molecule has 1 aliphatic heterocycles. The normalized spacial score (nSPS) is 17.2. The Balaban J connectivity index is 1.49. The van der Waals surface area contributed by atoms with Crippen LogP contribution in [0, 0.1) is 0 Å². The Bertz CT molecular complexity index is 1220. The first-order valence-electron chi connectivity index (χ1n) is 8.94. The van der Waals surface area contributed by atoms with Gasteiger partial charge in [-0.25, -0.2) is 9.78 Å². The number of aromatic nitrogens is 1. The Morgan fingerprint density at radius 1 is 1.27 bits per heavy atom. The van der Waals surface area contributed by atoms with Crippen molar-refractivity contribution in [2.45, 2.75) is 6.10 Å². The molecule has 30 heavy (non-hydrogen) atoms. The van der Waals surface area contributed by atoms with Crippen LogP contribution in [0.15, 0.2) is 42.5 Å². The maximum absolute atomic E-state index is 12.2. The lowest BCUT2D eigenvalue weighted by atomic mass is 10.2. The maximum atomic E-state index is 12.2. The first-order chi connectivity index (χ1) is 14.3. The van der Waals surface area contributed by atoms with E-state index in [4.69, 9.17) is 20.5 Å². The van der Waals surface area contributed by atoms with Crippen LogP contribution in [0.2, 0.25) is 5.02 Å². The zero-order valence-electron chi connectivity index (χ0n) is 15.8. The number of halogens is 1. The molecule has 3 aromatic rings. The number of nitrogens with zero attached hydrogens (tertiary/aromatic N) is 2. The fourth-order valence-electron chi connectivity index (χ4n) is 2.93. The summed E-state index contributed by atoms with van der Waals surface area (Å²) >= 11 is 7.40. The van der Waals surface area contributed by atoms with E-state index in [2.05, 4.69) is 4.98 Å². The van der Waals surface area contributed by atoms with Gasteiger partial charge in [-0.05, 0) is 42.0 Å². The summed E-state index contributed by atoms with van der Waals surface area (Å²) in [6.07, 6.45) is 3.65. The molecule has 1 fully saturated rings. The van der Waals surface area contributed by atoms with E-state index in [-0.39, 0.29) is 13.2 Å². The highest BCUT2D eigenvalue weighted by Gasteiger charge is 2.33. The van der Waals surface area contributed by atoms with Gasteiger partial charge in [-0.1, -0.05) is 29.8 Å². The second-order valence-corrected chi connectivity index (χ2v) is 9.84. The van der Waals surface area contributed by atoms with Crippen molar-refractivity contribution in [2.24, 2.45) is 0 Å². The van der Waals surface area contributed by atoms with E-state index in [1.807, 2.05) is 48.6 Å². The number of rotatable bonds is 6. The molecule has 0 spiro atoms. The van der Waals surface area contributed by atoms with Crippen molar-refractivity contribution in [3.05, 3.63) is 58.1 Å². The number of amides is 1. The van der Waals surface area contributed by atoms with Gasteiger partial charge < -0.3 is 4.74 Å². The summed E-state index contributed by atoms with van der Waals surface area (Å²) in [7, 11) is -3.59. The fourth-order valence-corrected chi connectivity index (χ4v) is 4.36. The van der Waals surface area contributed by atoms with E-state index in [0.29, 0.717) is 10.7 Å². The summed E-state index contributed by atoms with van der Waals surface area (Å²) in [5.41, 5.74) is 2.50. The van der Waals surface area contributed by atoms with Gasteiger partial charge in [0.2, 0.25) is 0 Å². The molecule has 156 valence electrons. The minimum atomic E-state index is -3.59. The molecule has 10 heteroatoms. The number of carbonyl (C=O) groups is 1. The van der Waals surface area contributed by atoms with Crippen LogP contribution in [0.4, 0.5) is 10.5 Å². The van der Waals surface area contributed by atoms with Gasteiger partial charge in [0, 0.05) is 10.7 Å². The average Bonchev–Trinajstić information content (AvgIpc) is 3.27. The first kappa shape index (κ1) is 20.8. The molecule has 0 unspecified atom stereocenters. The van der Waals surface area contributed by atoms with Crippen LogP contribution in [0.1, 0.15) is 10.6 Å². The number of benzene rings is 2. The van der Waals surface area contributed by atoms with Crippen molar-refractivity contribution in [2.75, 3.05) is 24.3 Å². The number of fused-ring (bicyclic) bond motifs is 1. The molecule has 0 bridgehead atoms. The van der Waals surface area contributed by atoms with Crippen molar-refractivity contribution in [3.8, 4) is 0 Å². The molecule has 0 radical (unpaired) electrons. The molecule has 1 aliphatic rings. The van der Waals surface area contributed by atoms with Crippen LogP contribution in [-0.4, -0.2) is 45.0 Å². The monoisotopic (exact) mass is 464 g/mol. The molecule has 2 heterocycles. The fraction of sp³-hybridized carbons (Fsp3) is 0.200. The minimum absolute atomic E-state index is 0.205. The Kier molecular flexibility index (Phi) is 5.79. The summed E-state index contributed by atoms with van der Waals surface area (Å²) in [5, 5.41) is 1.52. The lowest BCUT2D eigenvalue weighted by Gasteiger charge is -2.12. The molecule has 1 amide bonds. The van der Waals surface area contributed by atoms with Gasteiger partial charge >= 0.3 is 6.09 Å². The Morgan fingerprint density at radius 2 is 2.03 bits per heavy atom. The third-order valence-corrected chi connectivity index (χ3v) is 6.13.